The van der Waals surface area contributed by atoms with Gasteiger partial charge in [0.25, 0.3) is 5.91 Å². The predicted octanol–water partition coefficient (Wildman–Crippen LogP) is 4.74. The lowest BCUT2D eigenvalue weighted by Crippen LogP contribution is -2.31. The number of amides is 1. The second-order valence-corrected chi connectivity index (χ2v) is 6.65. The van der Waals surface area contributed by atoms with E-state index >= 15 is 0 Å². The average Bonchev–Trinajstić information content (AvgIpc) is 2.82. The van der Waals surface area contributed by atoms with Gasteiger partial charge in [-0.25, -0.2) is 0 Å². The van der Waals surface area contributed by atoms with Gasteiger partial charge < -0.3 is 4.90 Å². The molecule has 0 spiro atoms. The van der Waals surface area contributed by atoms with Gasteiger partial charge in [0.05, 0.1) is 4.88 Å². The summed E-state index contributed by atoms with van der Waals surface area (Å²) in [6, 6.07) is 10.5. The number of thiophene rings is 1. The Balaban J connectivity index is 1.87. The van der Waals surface area contributed by atoms with E-state index in [-0.39, 0.29) is 5.91 Å². The maximum atomic E-state index is 12.8. The second kappa shape index (κ2) is 6.44. The van der Waals surface area contributed by atoms with E-state index in [0.29, 0.717) is 0 Å². The first-order chi connectivity index (χ1) is 10.3. The summed E-state index contributed by atoms with van der Waals surface area (Å²) in [6.07, 6.45) is 4.77. The van der Waals surface area contributed by atoms with Crippen LogP contribution in [0.25, 0.3) is 11.1 Å². The number of benzene rings is 1. The van der Waals surface area contributed by atoms with Gasteiger partial charge in [0.15, 0.2) is 0 Å². The Labute approximate surface area is 130 Å². The molecule has 0 aliphatic carbocycles. The maximum absolute atomic E-state index is 12.8. The number of nitrogens with zero attached hydrogens (tertiary/aromatic N) is 1. The lowest BCUT2D eigenvalue weighted by atomic mass is 10.0. The van der Waals surface area contributed by atoms with Crippen molar-refractivity contribution in [3.63, 3.8) is 0 Å². The molecule has 21 heavy (non-hydrogen) atoms. The van der Waals surface area contributed by atoms with Crippen LogP contribution in [0.5, 0.6) is 0 Å². The highest BCUT2D eigenvalue weighted by atomic mass is 32.1. The van der Waals surface area contributed by atoms with E-state index in [0.717, 1.165) is 41.9 Å². The molecule has 3 rings (SSSR count). The number of likely N-dealkylation sites (tertiary alicyclic amines) is 1. The summed E-state index contributed by atoms with van der Waals surface area (Å²) in [5, 5.41) is 2.03. The molecule has 1 aliphatic rings. The summed E-state index contributed by atoms with van der Waals surface area (Å²) >= 11 is 1.57. The van der Waals surface area contributed by atoms with Crippen molar-refractivity contribution in [3.8, 4) is 11.1 Å². The van der Waals surface area contributed by atoms with E-state index in [1.54, 1.807) is 11.3 Å². The van der Waals surface area contributed by atoms with Crippen molar-refractivity contribution in [1.82, 2.24) is 4.90 Å². The highest BCUT2D eigenvalue weighted by Gasteiger charge is 2.21. The number of hydrogen-bond acceptors (Lipinski definition) is 2. The van der Waals surface area contributed by atoms with Gasteiger partial charge in [0.2, 0.25) is 0 Å². The van der Waals surface area contributed by atoms with E-state index in [2.05, 4.69) is 37.3 Å². The third kappa shape index (κ3) is 3.18. The van der Waals surface area contributed by atoms with Crippen molar-refractivity contribution < 1.29 is 4.79 Å². The number of carbonyl (C=O) groups is 1. The zero-order chi connectivity index (χ0) is 14.7. The third-order valence-electron chi connectivity index (χ3n) is 4.12. The molecule has 0 radical (unpaired) electrons. The van der Waals surface area contributed by atoms with E-state index in [1.165, 1.54) is 18.4 Å². The lowest BCUT2D eigenvalue weighted by molar-refractivity contribution is 0.0767. The van der Waals surface area contributed by atoms with Crippen LogP contribution in [0.15, 0.2) is 35.7 Å². The normalized spacial score (nSPS) is 15.8. The van der Waals surface area contributed by atoms with Gasteiger partial charge in [-0.3, -0.25) is 4.79 Å². The first kappa shape index (κ1) is 14.3. The van der Waals surface area contributed by atoms with E-state index in [4.69, 9.17) is 0 Å². The summed E-state index contributed by atoms with van der Waals surface area (Å²) in [6.45, 7) is 3.90. The Hall–Kier alpha value is -1.61. The van der Waals surface area contributed by atoms with Crippen LogP contribution in [0, 0.1) is 6.92 Å². The van der Waals surface area contributed by atoms with Gasteiger partial charge in [-0.05, 0) is 36.8 Å². The zero-order valence-electron chi connectivity index (χ0n) is 12.5. The second-order valence-electron chi connectivity index (χ2n) is 5.74. The number of aryl methyl sites for hydroxylation is 1. The van der Waals surface area contributed by atoms with Crippen LogP contribution in [0.2, 0.25) is 0 Å². The first-order valence-corrected chi connectivity index (χ1v) is 8.57. The van der Waals surface area contributed by atoms with Crippen molar-refractivity contribution in [1.29, 1.82) is 0 Å². The zero-order valence-corrected chi connectivity index (χ0v) is 13.3. The molecule has 2 aromatic rings. The standard InChI is InChI=1S/C18H21NOS/c1-14-6-8-15(9-7-14)16-10-13-21-17(16)18(20)19-11-4-2-3-5-12-19/h6-10,13H,2-5,11-12H2,1H3. The molecule has 0 N–H and O–H groups in total. The summed E-state index contributed by atoms with van der Waals surface area (Å²) in [5.41, 5.74) is 3.46. The molecule has 3 heteroatoms. The molecule has 1 aliphatic heterocycles. The molecule has 1 amide bonds. The van der Waals surface area contributed by atoms with Crippen LogP contribution >= 0.6 is 11.3 Å². The first-order valence-electron chi connectivity index (χ1n) is 7.69. The molecule has 1 aromatic carbocycles. The minimum Gasteiger partial charge on any atom is -0.338 e. The van der Waals surface area contributed by atoms with Gasteiger partial charge in [-0.2, -0.15) is 0 Å². The van der Waals surface area contributed by atoms with Gasteiger partial charge in [-0.15, -0.1) is 11.3 Å². The molecule has 0 bridgehead atoms. The summed E-state index contributed by atoms with van der Waals surface area (Å²) < 4.78 is 0. The van der Waals surface area contributed by atoms with Gasteiger partial charge in [-0.1, -0.05) is 42.7 Å². The number of rotatable bonds is 2. The third-order valence-corrected chi connectivity index (χ3v) is 5.02. The minimum atomic E-state index is 0.211. The fraction of sp³-hybridized carbons (Fsp3) is 0.389. The van der Waals surface area contributed by atoms with Crippen molar-refractivity contribution in [2.45, 2.75) is 32.6 Å². The molecular formula is C18H21NOS. The van der Waals surface area contributed by atoms with E-state index in [1.807, 2.05) is 10.3 Å². The fourth-order valence-electron chi connectivity index (χ4n) is 2.85. The van der Waals surface area contributed by atoms with Crippen molar-refractivity contribution in [2.24, 2.45) is 0 Å². The highest BCUT2D eigenvalue weighted by Crippen LogP contribution is 2.30. The van der Waals surface area contributed by atoms with Crippen LogP contribution in [-0.2, 0) is 0 Å². The van der Waals surface area contributed by atoms with Crippen molar-refractivity contribution in [3.05, 3.63) is 46.2 Å². The Kier molecular flexibility index (Phi) is 4.39. The summed E-state index contributed by atoms with van der Waals surface area (Å²) in [4.78, 5) is 15.7. The molecule has 0 unspecified atom stereocenters. The Morgan fingerprint density at radius 2 is 1.67 bits per heavy atom. The molecule has 1 aromatic heterocycles. The topological polar surface area (TPSA) is 20.3 Å². The van der Waals surface area contributed by atoms with Crippen LogP contribution in [-0.4, -0.2) is 23.9 Å². The maximum Gasteiger partial charge on any atom is 0.264 e. The fourth-order valence-corrected chi connectivity index (χ4v) is 3.74. The largest absolute Gasteiger partial charge is 0.338 e. The molecular weight excluding hydrogens is 278 g/mol. The Bertz CT molecular complexity index is 606. The van der Waals surface area contributed by atoms with E-state index in [9.17, 15) is 4.79 Å². The molecule has 1 saturated heterocycles. The van der Waals surface area contributed by atoms with Crippen LogP contribution in [0.3, 0.4) is 0 Å². The SMILES string of the molecule is Cc1ccc(-c2ccsc2C(=O)N2CCCCCC2)cc1. The average molecular weight is 299 g/mol. The Morgan fingerprint density at radius 1 is 1.00 bits per heavy atom. The summed E-state index contributed by atoms with van der Waals surface area (Å²) in [7, 11) is 0. The molecule has 2 nitrogen and oxygen atoms in total. The van der Waals surface area contributed by atoms with Gasteiger partial charge in [0.1, 0.15) is 0 Å². The van der Waals surface area contributed by atoms with Crippen molar-refractivity contribution in [2.75, 3.05) is 13.1 Å². The highest BCUT2D eigenvalue weighted by molar-refractivity contribution is 7.12. The number of carbonyl (C=O) groups excluding carboxylic acids is 1. The summed E-state index contributed by atoms with van der Waals surface area (Å²) in [5.74, 6) is 0.211. The van der Waals surface area contributed by atoms with Crippen LogP contribution < -0.4 is 0 Å². The molecule has 2 heterocycles. The van der Waals surface area contributed by atoms with E-state index < -0.39 is 0 Å². The van der Waals surface area contributed by atoms with Crippen LogP contribution in [0.1, 0.15) is 40.9 Å². The predicted molar refractivity (Wildman–Crippen MR) is 88.9 cm³/mol. The number of hydrogen-bond donors (Lipinski definition) is 0. The molecule has 0 saturated carbocycles. The van der Waals surface area contributed by atoms with Gasteiger partial charge in [0, 0.05) is 18.7 Å². The molecule has 110 valence electrons. The minimum absolute atomic E-state index is 0.211. The van der Waals surface area contributed by atoms with Gasteiger partial charge >= 0.3 is 0 Å². The smallest absolute Gasteiger partial charge is 0.264 e. The molecule has 0 atom stereocenters. The quantitative estimate of drug-likeness (QED) is 0.784. The van der Waals surface area contributed by atoms with Crippen LogP contribution in [0.4, 0.5) is 0 Å². The Morgan fingerprint density at radius 3 is 2.33 bits per heavy atom. The molecule has 1 fully saturated rings. The van der Waals surface area contributed by atoms with Crippen molar-refractivity contribution >= 4 is 17.2 Å². The monoisotopic (exact) mass is 299 g/mol. The lowest BCUT2D eigenvalue weighted by Gasteiger charge is -2.20.